The molecule has 41 heavy (non-hydrogen) atoms. The number of rotatable bonds is 10. The van der Waals surface area contributed by atoms with E-state index in [2.05, 4.69) is 24.0 Å². The minimum atomic E-state index is -0.651. The smallest absolute Gasteiger partial charge is 0.410 e. The highest BCUT2D eigenvalue weighted by Gasteiger charge is 2.40. The maximum Gasteiger partial charge on any atom is 0.410 e. The second-order valence-corrected chi connectivity index (χ2v) is 12.3. The molecule has 224 valence electrons. The lowest BCUT2D eigenvalue weighted by molar-refractivity contribution is 0.00462. The first-order valence-electron chi connectivity index (χ1n) is 14.5. The van der Waals surface area contributed by atoms with Gasteiger partial charge in [0.2, 0.25) is 5.89 Å². The van der Waals surface area contributed by atoms with Crippen LogP contribution in [0.25, 0.3) is 11.0 Å². The summed E-state index contributed by atoms with van der Waals surface area (Å²) < 4.78 is 18.5. The number of hydrogen-bond donors (Lipinski definition) is 0. The van der Waals surface area contributed by atoms with E-state index < -0.39 is 11.7 Å². The molecule has 1 aliphatic rings. The van der Waals surface area contributed by atoms with Gasteiger partial charge >= 0.3 is 6.09 Å². The van der Waals surface area contributed by atoms with Crippen LogP contribution in [0.2, 0.25) is 0 Å². The number of benzene rings is 1. The largest absolute Gasteiger partial charge is 0.444 e. The van der Waals surface area contributed by atoms with E-state index in [1.54, 1.807) is 18.9 Å². The fraction of sp³-hybridized carbons (Fsp3) is 0.633. The Morgan fingerprint density at radius 1 is 1.15 bits per heavy atom. The van der Waals surface area contributed by atoms with Crippen LogP contribution in [0.15, 0.2) is 28.8 Å². The van der Waals surface area contributed by atoms with Gasteiger partial charge in [0, 0.05) is 39.9 Å². The molecule has 2 amide bonds. The minimum absolute atomic E-state index is 0.155. The molecule has 11 nitrogen and oxygen atoms in total. The van der Waals surface area contributed by atoms with Gasteiger partial charge in [-0.2, -0.15) is 4.98 Å². The molecular weight excluding hydrogens is 524 g/mol. The van der Waals surface area contributed by atoms with Crippen molar-refractivity contribution in [2.75, 3.05) is 33.4 Å². The van der Waals surface area contributed by atoms with Crippen molar-refractivity contribution in [3.63, 3.8) is 0 Å². The van der Waals surface area contributed by atoms with Gasteiger partial charge in [-0.3, -0.25) is 4.79 Å². The van der Waals surface area contributed by atoms with Crippen molar-refractivity contribution in [1.29, 1.82) is 0 Å². The SMILES string of the molecule is COCCCCn1c(C(=O)N(CC(C)C)[C@H]2C[C@@H](c3nc(C)no3)CN(C(=O)OC(C)(C)C)C2)nc2ccccc21. The molecule has 0 bridgehead atoms. The van der Waals surface area contributed by atoms with Gasteiger partial charge in [0.15, 0.2) is 11.6 Å². The Morgan fingerprint density at radius 2 is 1.90 bits per heavy atom. The first-order chi connectivity index (χ1) is 19.5. The number of piperidine rings is 1. The first kappa shape index (κ1) is 30.5. The van der Waals surface area contributed by atoms with Crippen LogP contribution >= 0.6 is 0 Å². The molecule has 2 aromatic heterocycles. The summed E-state index contributed by atoms with van der Waals surface area (Å²) in [6.07, 6.45) is 1.89. The third kappa shape index (κ3) is 7.63. The molecule has 0 radical (unpaired) electrons. The van der Waals surface area contributed by atoms with Crippen molar-refractivity contribution in [3.8, 4) is 0 Å². The van der Waals surface area contributed by atoms with E-state index in [4.69, 9.17) is 19.0 Å². The van der Waals surface area contributed by atoms with E-state index in [-0.39, 0.29) is 23.8 Å². The van der Waals surface area contributed by atoms with E-state index in [1.807, 2.05) is 54.5 Å². The number of carbonyl (C=O) groups excluding carboxylic acids is 2. The highest BCUT2D eigenvalue weighted by Crippen LogP contribution is 2.31. The summed E-state index contributed by atoms with van der Waals surface area (Å²) in [6.45, 7) is 14.0. The molecule has 1 fully saturated rings. The summed E-state index contributed by atoms with van der Waals surface area (Å²) in [6, 6.07) is 7.53. The second-order valence-electron chi connectivity index (χ2n) is 12.3. The van der Waals surface area contributed by atoms with Crippen molar-refractivity contribution >= 4 is 23.0 Å². The Labute approximate surface area is 242 Å². The molecule has 1 aromatic carbocycles. The Bertz CT molecular complexity index is 1330. The monoisotopic (exact) mass is 568 g/mol. The fourth-order valence-electron chi connectivity index (χ4n) is 5.33. The quantitative estimate of drug-likeness (QED) is 0.312. The molecule has 0 unspecified atom stereocenters. The van der Waals surface area contributed by atoms with Crippen LogP contribution in [0.3, 0.4) is 0 Å². The van der Waals surface area contributed by atoms with E-state index in [0.29, 0.717) is 56.7 Å². The van der Waals surface area contributed by atoms with Gasteiger partial charge in [0.1, 0.15) is 5.60 Å². The summed E-state index contributed by atoms with van der Waals surface area (Å²) in [5, 5.41) is 3.98. The number of imidazole rings is 1. The van der Waals surface area contributed by atoms with Gasteiger partial charge in [-0.25, -0.2) is 9.78 Å². The molecule has 2 atom stereocenters. The number of carbonyl (C=O) groups is 2. The molecule has 0 saturated carbocycles. The van der Waals surface area contributed by atoms with Crippen LogP contribution in [0, 0.1) is 12.8 Å². The molecule has 3 heterocycles. The van der Waals surface area contributed by atoms with Gasteiger partial charge in [-0.05, 0) is 65.0 Å². The van der Waals surface area contributed by atoms with Crippen LogP contribution < -0.4 is 0 Å². The van der Waals surface area contributed by atoms with Crippen LogP contribution in [0.1, 0.15) is 82.1 Å². The standard InChI is InChI=1S/C30H44N6O5/c1-20(2)17-36(28(37)26-32-24-12-8-9-13-25(24)35(26)14-10-11-15-39-7)23-16-22(27-31-21(3)33-41-27)18-34(19-23)29(38)40-30(4,5)6/h8-9,12-13,20,22-23H,10-11,14-19H2,1-7H3/t22-,23+/m1/s1. The highest BCUT2D eigenvalue weighted by atomic mass is 16.6. The molecule has 1 aliphatic heterocycles. The summed E-state index contributed by atoms with van der Waals surface area (Å²) >= 11 is 0. The van der Waals surface area contributed by atoms with Gasteiger partial charge in [-0.15, -0.1) is 0 Å². The zero-order valence-electron chi connectivity index (χ0n) is 25.4. The van der Waals surface area contributed by atoms with Crippen LogP contribution in [0.5, 0.6) is 0 Å². The van der Waals surface area contributed by atoms with Crippen molar-refractivity contribution in [2.45, 2.75) is 84.9 Å². The lowest BCUT2D eigenvalue weighted by atomic mass is 9.92. The Hall–Kier alpha value is -3.47. The van der Waals surface area contributed by atoms with Gasteiger partial charge in [0.05, 0.1) is 23.0 Å². The second kappa shape index (κ2) is 13.0. The van der Waals surface area contributed by atoms with E-state index in [0.717, 1.165) is 23.9 Å². The zero-order chi connectivity index (χ0) is 29.7. The highest BCUT2D eigenvalue weighted by molar-refractivity contribution is 5.95. The van der Waals surface area contributed by atoms with E-state index in [1.165, 1.54) is 0 Å². The van der Waals surface area contributed by atoms with Crippen LogP contribution in [-0.4, -0.2) is 86.5 Å². The first-order valence-corrected chi connectivity index (χ1v) is 14.5. The minimum Gasteiger partial charge on any atom is -0.444 e. The lowest BCUT2D eigenvalue weighted by Gasteiger charge is -2.42. The maximum atomic E-state index is 14.4. The average Bonchev–Trinajstić information content (AvgIpc) is 3.52. The number of methoxy groups -OCH3 is 1. The lowest BCUT2D eigenvalue weighted by Crippen LogP contribution is -2.55. The molecule has 1 saturated heterocycles. The average molecular weight is 569 g/mol. The van der Waals surface area contributed by atoms with E-state index in [9.17, 15) is 9.59 Å². The molecule has 0 aliphatic carbocycles. The number of amides is 2. The number of likely N-dealkylation sites (tertiary alicyclic amines) is 1. The number of aromatic nitrogens is 4. The summed E-state index contributed by atoms with van der Waals surface area (Å²) in [5.74, 6) is 1.20. The van der Waals surface area contributed by atoms with Crippen molar-refractivity contribution in [1.82, 2.24) is 29.5 Å². The predicted octanol–water partition coefficient (Wildman–Crippen LogP) is 5.05. The van der Waals surface area contributed by atoms with E-state index >= 15 is 0 Å². The Kier molecular flexibility index (Phi) is 9.68. The number of fused-ring (bicyclic) bond motifs is 1. The number of para-hydroxylation sites is 2. The Balaban J connectivity index is 1.70. The third-order valence-electron chi connectivity index (χ3n) is 7.06. The van der Waals surface area contributed by atoms with Crippen molar-refractivity contribution in [3.05, 3.63) is 41.8 Å². The van der Waals surface area contributed by atoms with Crippen LogP contribution in [-0.2, 0) is 16.0 Å². The number of hydrogen-bond acceptors (Lipinski definition) is 8. The summed E-state index contributed by atoms with van der Waals surface area (Å²) in [5.41, 5.74) is 1.06. The van der Waals surface area contributed by atoms with Crippen molar-refractivity contribution in [2.24, 2.45) is 5.92 Å². The summed E-state index contributed by atoms with van der Waals surface area (Å²) in [4.78, 5) is 40.5. The van der Waals surface area contributed by atoms with Gasteiger partial charge in [0.25, 0.3) is 5.91 Å². The number of nitrogens with zero attached hydrogens (tertiary/aromatic N) is 6. The molecule has 3 aromatic rings. The fourth-order valence-corrected chi connectivity index (χ4v) is 5.33. The number of aryl methyl sites for hydroxylation is 2. The van der Waals surface area contributed by atoms with Gasteiger partial charge in [-0.1, -0.05) is 31.1 Å². The van der Waals surface area contributed by atoms with Crippen molar-refractivity contribution < 1.29 is 23.6 Å². The normalized spacial score (nSPS) is 17.8. The third-order valence-corrected chi connectivity index (χ3v) is 7.06. The number of ether oxygens (including phenoxy) is 2. The van der Waals surface area contributed by atoms with Gasteiger partial charge < -0.3 is 28.4 Å². The number of unbranched alkanes of at least 4 members (excludes halogenated alkanes) is 1. The van der Waals surface area contributed by atoms with Crippen LogP contribution in [0.4, 0.5) is 4.79 Å². The molecule has 0 N–H and O–H groups in total. The molecule has 0 spiro atoms. The molecular formula is C30H44N6O5. The predicted molar refractivity (Wildman–Crippen MR) is 155 cm³/mol. The zero-order valence-corrected chi connectivity index (χ0v) is 25.4. The molecule has 4 rings (SSSR count). The maximum absolute atomic E-state index is 14.4. The Morgan fingerprint density at radius 3 is 2.56 bits per heavy atom. The summed E-state index contributed by atoms with van der Waals surface area (Å²) in [7, 11) is 1.69. The molecule has 11 heteroatoms. The topological polar surface area (TPSA) is 116 Å².